The van der Waals surface area contributed by atoms with Gasteiger partial charge in [-0.2, -0.15) is 0 Å². The van der Waals surface area contributed by atoms with Gasteiger partial charge in [0.25, 0.3) is 0 Å². The summed E-state index contributed by atoms with van der Waals surface area (Å²) in [6.45, 7) is 4.56. The second kappa shape index (κ2) is 45.1. The molecular weight excluding hydrogens is 787 g/mol. The summed E-state index contributed by atoms with van der Waals surface area (Å²) >= 11 is 0. The number of likely N-dealkylation sites (N-methyl/N-ethyl adjacent to an activating group) is 1. The van der Waals surface area contributed by atoms with Crippen LogP contribution in [0.3, 0.4) is 0 Å². The summed E-state index contributed by atoms with van der Waals surface area (Å²) in [4.78, 5) is 37.2. The van der Waals surface area contributed by atoms with E-state index >= 15 is 0 Å². The van der Waals surface area contributed by atoms with Gasteiger partial charge in [-0.3, -0.25) is 9.59 Å². The number of carboxylic acid groups (broad SMARTS) is 1. The molecule has 63 heavy (non-hydrogen) atoms. The Bertz CT molecular complexity index is 1300. The number of quaternary nitrogens is 1. The van der Waals surface area contributed by atoms with E-state index in [4.69, 9.17) is 14.2 Å². The molecular formula is C55H94NO7+. The van der Waals surface area contributed by atoms with Crippen LogP contribution in [0, 0.1) is 0 Å². The summed E-state index contributed by atoms with van der Waals surface area (Å²) in [5, 5.41) is 9.65. The molecule has 0 radical (unpaired) electrons. The lowest BCUT2D eigenvalue weighted by Crippen LogP contribution is -2.50. The van der Waals surface area contributed by atoms with Gasteiger partial charge in [0.1, 0.15) is 6.61 Å². The van der Waals surface area contributed by atoms with Gasteiger partial charge in [0.05, 0.1) is 34.4 Å². The predicted molar refractivity (Wildman–Crippen MR) is 266 cm³/mol. The Hall–Kier alpha value is -3.49. The standard InChI is InChI=1S/C55H93NO7/c1-6-8-10-12-14-16-18-20-22-24-26-27-28-30-32-34-36-38-40-42-44-46-54(58)63-51(49-61-48-47-52(55(59)60)56(3,4)5)50-62-53(57)45-43-41-39-37-35-33-31-29-25-23-21-19-17-15-13-11-9-7-2/h8,10,14-17,19-23,25,29,31,51-52H,6-7,9,11-13,18,24,26-28,30,32-50H2,1-5H3/p+1/b10-8+,16-14+,17-15+,21-19+,22-20+,25-23+,31-29+. The molecule has 0 aliphatic rings. The van der Waals surface area contributed by atoms with Gasteiger partial charge in [-0.25, -0.2) is 4.79 Å². The fourth-order valence-electron chi connectivity index (χ4n) is 7.00. The lowest BCUT2D eigenvalue weighted by atomic mass is 10.0. The molecule has 0 aliphatic heterocycles. The number of carboxylic acids is 1. The van der Waals surface area contributed by atoms with Gasteiger partial charge >= 0.3 is 17.9 Å². The zero-order valence-corrected chi connectivity index (χ0v) is 41.0. The molecule has 0 saturated carbocycles. The van der Waals surface area contributed by atoms with Crippen LogP contribution in [-0.4, -0.2) is 80.6 Å². The van der Waals surface area contributed by atoms with Gasteiger partial charge in [-0.15, -0.1) is 0 Å². The third-order valence-electron chi connectivity index (χ3n) is 10.9. The number of unbranched alkanes of at least 4 members (excludes halogenated alkanes) is 19. The Balaban J connectivity index is 4.32. The highest BCUT2D eigenvalue weighted by molar-refractivity contribution is 5.72. The van der Waals surface area contributed by atoms with E-state index in [1.165, 1.54) is 77.0 Å². The molecule has 0 fully saturated rings. The van der Waals surface area contributed by atoms with Crippen molar-refractivity contribution in [2.24, 2.45) is 0 Å². The number of nitrogens with zero attached hydrogens (tertiary/aromatic N) is 1. The summed E-state index contributed by atoms with van der Waals surface area (Å²) in [7, 11) is 5.52. The SMILES string of the molecule is CC/C=C/C/C=C/C/C=C/CCCCCCCCCCCCCC(=O)OC(COCCC(C(=O)O)[N+](C)(C)C)COC(=O)CCCCCCC/C=C/C=C/C=C/C=C/CCCCC. The Morgan fingerprint density at radius 2 is 0.952 bits per heavy atom. The minimum absolute atomic E-state index is 0.0481. The second-order valence-electron chi connectivity index (χ2n) is 17.8. The molecule has 0 rings (SSSR count). The fourth-order valence-corrected chi connectivity index (χ4v) is 7.00. The van der Waals surface area contributed by atoms with Crippen LogP contribution in [0.4, 0.5) is 0 Å². The van der Waals surface area contributed by atoms with Gasteiger partial charge in [0, 0.05) is 19.3 Å². The Morgan fingerprint density at radius 3 is 1.46 bits per heavy atom. The normalized spacial score (nSPS) is 13.6. The lowest BCUT2D eigenvalue weighted by Gasteiger charge is -2.31. The van der Waals surface area contributed by atoms with Gasteiger partial charge in [-0.05, 0) is 70.6 Å². The number of carbonyl (C=O) groups is 3. The van der Waals surface area contributed by atoms with Crippen molar-refractivity contribution in [2.75, 3.05) is 41.0 Å². The lowest BCUT2D eigenvalue weighted by molar-refractivity contribution is -0.887. The molecule has 0 aliphatic carbocycles. The van der Waals surface area contributed by atoms with Gasteiger partial charge in [0.2, 0.25) is 0 Å². The van der Waals surface area contributed by atoms with Gasteiger partial charge < -0.3 is 23.8 Å². The quantitative estimate of drug-likeness (QED) is 0.0214. The molecule has 0 heterocycles. The average Bonchev–Trinajstić information content (AvgIpc) is 3.24. The molecule has 0 amide bonds. The van der Waals surface area contributed by atoms with Crippen LogP contribution in [0.25, 0.3) is 0 Å². The van der Waals surface area contributed by atoms with Crippen molar-refractivity contribution in [3.63, 3.8) is 0 Å². The number of carbonyl (C=O) groups excluding carboxylic acids is 2. The number of hydrogen-bond acceptors (Lipinski definition) is 6. The molecule has 0 saturated heterocycles. The van der Waals surface area contributed by atoms with Crippen LogP contribution in [0.15, 0.2) is 85.1 Å². The van der Waals surface area contributed by atoms with Crippen LogP contribution in [0.5, 0.6) is 0 Å². The van der Waals surface area contributed by atoms with E-state index in [1.54, 1.807) is 0 Å². The maximum atomic E-state index is 12.8. The number of allylic oxidation sites excluding steroid dienone is 14. The van der Waals surface area contributed by atoms with E-state index in [2.05, 4.69) is 98.9 Å². The van der Waals surface area contributed by atoms with Crippen molar-refractivity contribution >= 4 is 17.9 Å². The number of ether oxygens (including phenoxy) is 3. The summed E-state index contributed by atoms with van der Waals surface area (Å²) in [6, 6.07) is -0.624. The van der Waals surface area contributed by atoms with Gasteiger partial charge in [0.15, 0.2) is 12.1 Å². The molecule has 0 aromatic carbocycles. The van der Waals surface area contributed by atoms with Crippen molar-refractivity contribution < 1.29 is 38.2 Å². The largest absolute Gasteiger partial charge is 0.477 e. The maximum absolute atomic E-state index is 12.8. The first-order chi connectivity index (χ1) is 30.6. The summed E-state index contributed by atoms with van der Waals surface area (Å²) in [5.74, 6) is -1.50. The predicted octanol–water partition coefficient (Wildman–Crippen LogP) is 14.5. The van der Waals surface area contributed by atoms with Crippen molar-refractivity contribution in [1.29, 1.82) is 0 Å². The number of rotatable bonds is 44. The van der Waals surface area contributed by atoms with E-state index in [-0.39, 0.29) is 36.2 Å². The van der Waals surface area contributed by atoms with Crippen molar-refractivity contribution in [3.05, 3.63) is 85.1 Å². The molecule has 2 unspecified atom stereocenters. The Morgan fingerprint density at radius 1 is 0.508 bits per heavy atom. The van der Waals surface area contributed by atoms with Crippen LogP contribution in [-0.2, 0) is 28.6 Å². The number of hydrogen-bond donors (Lipinski definition) is 1. The van der Waals surface area contributed by atoms with Gasteiger partial charge in [-0.1, -0.05) is 189 Å². The Kier molecular flexibility index (Phi) is 42.6. The summed E-state index contributed by atoms with van der Waals surface area (Å²) in [5.41, 5.74) is 0. The average molecular weight is 881 g/mol. The minimum atomic E-state index is -0.881. The van der Waals surface area contributed by atoms with Crippen LogP contribution in [0.1, 0.15) is 194 Å². The molecule has 8 heteroatoms. The van der Waals surface area contributed by atoms with E-state index in [0.717, 1.165) is 83.5 Å². The highest BCUT2D eigenvalue weighted by Crippen LogP contribution is 2.15. The number of aliphatic carboxylic acids is 1. The number of esters is 2. The molecule has 0 spiro atoms. The first kappa shape index (κ1) is 59.5. The molecule has 0 bridgehead atoms. The first-order valence-electron chi connectivity index (χ1n) is 25.2. The van der Waals surface area contributed by atoms with E-state index in [0.29, 0.717) is 19.3 Å². The van der Waals surface area contributed by atoms with Crippen molar-refractivity contribution in [3.8, 4) is 0 Å². The summed E-state index contributed by atoms with van der Waals surface area (Å²) < 4.78 is 17.3. The minimum Gasteiger partial charge on any atom is -0.477 e. The third kappa shape index (κ3) is 43.5. The molecule has 2 atom stereocenters. The Labute approximate surface area is 386 Å². The smallest absolute Gasteiger partial charge is 0.362 e. The highest BCUT2D eigenvalue weighted by Gasteiger charge is 2.31. The molecule has 8 nitrogen and oxygen atoms in total. The topological polar surface area (TPSA) is 99.1 Å². The molecule has 1 N–H and O–H groups in total. The molecule has 0 aromatic rings. The second-order valence-corrected chi connectivity index (χ2v) is 17.8. The maximum Gasteiger partial charge on any atom is 0.362 e. The monoisotopic (exact) mass is 881 g/mol. The van der Waals surface area contributed by atoms with E-state index in [1.807, 2.05) is 21.1 Å². The third-order valence-corrected chi connectivity index (χ3v) is 10.9. The van der Waals surface area contributed by atoms with E-state index < -0.39 is 18.1 Å². The van der Waals surface area contributed by atoms with Crippen LogP contribution >= 0.6 is 0 Å². The van der Waals surface area contributed by atoms with Crippen LogP contribution < -0.4 is 0 Å². The zero-order chi connectivity index (χ0) is 46.3. The summed E-state index contributed by atoms with van der Waals surface area (Å²) in [6.07, 6.45) is 59.1. The zero-order valence-electron chi connectivity index (χ0n) is 41.0. The fraction of sp³-hybridized carbons (Fsp3) is 0.691. The highest BCUT2D eigenvalue weighted by atomic mass is 16.6. The first-order valence-corrected chi connectivity index (χ1v) is 25.2. The van der Waals surface area contributed by atoms with Crippen LogP contribution in [0.2, 0.25) is 0 Å². The van der Waals surface area contributed by atoms with E-state index in [9.17, 15) is 19.5 Å². The van der Waals surface area contributed by atoms with Crippen molar-refractivity contribution in [2.45, 2.75) is 206 Å². The van der Waals surface area contributed by atoms with Crippen molar-refractivity contribution in [1.82, 2.24) is 0 Å². The molecule has 360 valence electrons. The molecule has 0 aromatic heterocycles.